The van der Waals surface area contributed by atoms with Crippen LogP contribution < -0.4 is 4.90 Å². The lowest BCUT2D eigenvalue weighted by molar-refractivity contribution is 0.122. The summed E-state index contributed by atoms with van der Waals surface area (Å²) in [6, 6.07) is 6.65. The third kappa shape index (κ3) is 3.35. The van der Waals surface area contributed by atoms with Crippen LogP contribution in [-0.4, -0.2) is 41.3 Å². The number of fused-ring (bicyclic) bond motifs is 1. The van der Waals surface area contributed by atoms with Crippen LogP contribution in [0, 0.1) is 5.82 Å². The molecule has 0 spiro atoms. The topological polar surface area (TPSA) is 51.1 Å². The molecule has 0 amide bonds. The average Bonchev–Trinajstić information content (AvgIpc) is 3.06. The van der Waals surface area contributed by atoms with Crippen molar-refractivity contribution in [2.24, 2.45) is 0 Å². The zero-order valence-corrected chi connectivity index (χ0v) is 14.4. The number of anilines is 1. The van der Waals surface area contributed by atoms with Crippen molar-refractivity contribution >= 4 is 38.6 Å². The van der Waals surface area contributed by atoms with Crippen molar-refractivity contribution in [2.75, 3.05) is 31.2 Å². The first-order valence-corrected chi connectivity index (χ1v) is 9.41. The maximum atomic E-state index is 13.3. The molecule has 0 unspecified atom stereocenters. The van der Waals surface area contributed by atoms with Crippen LogP contribution in [0.15, 0.2) is 35.6 Å². The number of morpholine rings is 1. The van der Waals surface area contributed by atoms with E-state index in [1.807, 2.05) is 6.07 Å². The molecule has 8 heteroatoms. The zero-order chi connectivity index (χ0) is 16.4. The molecule has 1 aliphatic rings. The number of nitrogens with zero attached hydrogens (tertiary/aromatic N) is 4. The molecule has 0 atom stereocenters. The van der Waals surface area contributed by atoms with Gasteiger partial charge in [0, 0.05) is 18.8 Å². The minimum atomic E-state index is -0.215. The van der Waals surface area contributed by atoms with E-state index in [2.05, 4.69) is 19.9 Å². The predicted octanol–water partition coefficient (Wildman–Crippen LogP) is 3.35. The van der Waals surface area contributed by atoms with E-state index >= 15 is 0 Å². The molecule has 1 saturated heterocycles. The van der Waals surface area contributed by atoms with E-state index < -0.39 is 0 Å². The summed E-state index contributed by atoms with van der Waals surface area (Å²) in [4.78, 5) is 15.5. The molecule has 0 bridgehead atoms. The van der Waals surface area contributed by atoms with Gasteiger partial charge in [-0.05, 0) is 17.7 Å². The van der Waals surface area contributed by atoms with Gasteiger partial charge in [0.25, 0.3) is 0 Å². The Bertz CT molecular complexity index is 851. The Morgan fingerprint density at radius 2 is 2.12 bits per heavy atom. The summed E-state index contributed by atoms with van der Waals surface area (Å²) in [6.07, 6.45) is 1.54. The molecule has 124 valence electrons. The van der Waals surface area contributed by atoms with Crippen LogP contribution in [0.4, 0.5) is 9.52 Å². The van der Waals surface area contributed by atoms with Crippen LogP contribution in [0.2, 0.25) is 0 Å². The first-order valence-electron chi connectivity index (χ1n) is 7.61. The number of hydrogen-bond donors (Lipinski definition) is 0. The number of aromatic nitrogens is 3. The normalized spacial score (nSPS) is 15.1. The second-order valence-corrected chi connectivity index (χ2v) is 7.29. The number of thioether (sulfide) groups is 1. The van der Waals surface area contributed by atoms with Gasteiger partial charge in [0.15, 0.2) is 10.8 Å². The number of halogens is 1. The van der Waals surface area contributed by atoms with Gasteiger partial charge in [-0.25, -0.2) is 14.4 Å². The van der Waals surface area contributed by atoms with E-state index in [-0.39, 0.29) is 5.82 Å². The number of hydrogen-bond acceptors (Lipinski definition) is 7. The van der Waals surface area contributed by atoms with Gasteiger partial charge in [0.1, 0.15) is 21.9 Å². The van der Waals surface area contributed by atoms with Crippen molar-refractivity contribution in [1.29, 1.82) is 0 Å². The lowest BCUT2D eigenvalue weighted by atomic mass is 10.2. The van der Waals surface area contributed by atoms with Crippen LogP contribution >= 0.6 is 23.1 Å². The summed E-state index contributed by atoms with van der Waals surface area (Å²) in [6.45, 7) is 3.14. The van der Waals surface area contributed by atoms with Gasteiger partial charge < -0.3 is 9.64 Å². The van der Waals surface area contributed by atoms with Gasteiger partial charge in [-0.15, -0.1) is 11.8 Å². The first-order chi connectivity index (χ1) is 11.8. The number of thiazole rings is 1. The predicted molar refractivity (Wildman–Crippen MR) is 94.2 cm³/mol. The molecule has 2 aromatic heterocycles. The van der Waals surface area contributed by atoms with Crippen molar-refractivity contribution in [1.82, 2.24) is 15.0 Å². The molecule has 1 fully saturated rings. The van der Waals surface area contributed by atoms with Gasteiger partial charge in [-0.2, -0.15) is 4.98 Å². The molecule has 0 radical (unpaired) electrons. The van der Waals surface area contributed by atoms with Gasteiger partial charge in [0.2, 0.25) is 0 Å². The van der Waals surface area contributed by atoms with Crippen LogP contribution in [0.3, 0.4) is 0 Å². The molecule has 3 aromatic rings. The lowest BCUT2D eigenvalue weighted by Gasteiger charge is -2.25. The Balaban J connectivity index is 1.57. The van der Waals surface area contributed by atoms with Gasteiger partial charge in [-0.3, -0.25) is 0 Å². The second-order valence-electron chi connectivity index (χ2n) is 5.35. The van der Waals surface area contributed by atoms with Crippen molar-refractivity contribution in [2.45, 2.75) is 10.8 Å². The summed E-state index contributed by atoms with van der Waals surface area (Å²) in [5.41, 5.74) is 1.66. The highest BCUT2D eigenvalue weighted by molar-refractivity contribution is 7.98. The minimum absolute atomic E-state index is 0.215. The lowest BCUT2D eigenvalue weighted by Crippen LogP contribution is -2.36. The van der Waals surface area contributed by atoms with Gasteiger partial charge in [-0.1, -0.05) is 23.5 Å². The number of ether oxygens (including phenoxy) is 1. The Labute approximate surface area is 146 Å². The highest BCUT2D eigenvalue weighted by Gasteiger charge is 2.18. The van der Waals surface area contributed by atoms with E-state index in [0.717, 1.165) is 52.4 Å². The molecular weight excluding hydrogens is 347 g/mol. The number of rotatable bonds is 4. The summed E-state index contributed by atoms with van der Waals surface area (Å²) in [5, 5.41) is 1.85. The monoisotopic (exact) mass is 362 g/mol. The molecule has 3 heterocycles. The van der Waals surface area contributed by atoms with Crippen LogP contribution in [0.1, 0.15) is 5.56 Å². The fraction of sp³-hybridized carbons (Fsp3) is 0.312. The highest BCUT2D eigenvalue weighted by Crippen LogP contribution is 2.35. The zero-order valence-electron chi connectivity index (χ0n) is 12.8. The molecule has 0 N–H and O–H groups in total. The third-order valence-corrected chi connectivity index (χ3v) is 6.00. The average molecular weight is 362 g/mol. The SMILES string of the molecule is Fc1cccc(CSc2ncnc3nc(N4CCOCC4)sc23)c1. The molecular formula is C16H15FN4OS2. The van der Waals surface area contributed by atoms with Crippen molar-refractivity contribution in [3.8, 4) is 0 Å². The number of benzene rings is 1. The fourth-order valence-corrected chi connectivity index (χ4v) is 4.58. The van der Waals surface area contributed by atoms with Crippen molar-refractivity contribution < 1.29 is 9.13 Å². The fourth-order valence-electron chi connectivity index (χ4n) is 2.49. The van der Waals surface area contributed by atoms with Gasteiger partial charge >= 0.3 is 0 Å². The minimum Gasteiger partial charge on any atom is -0.378 e. The van der Waals surface area contributed by atoms with Crippen molar-refractivity contribution in [3.63, 3.8) is 0 Å². The quantitative estimate of drug-likeness (QED) is 0.524. The summed E-state index contributed by atoms with van der Waals surface area (Å²) < 4.78 is 19.7. The molecule has 4 rings (SSSR count). The van der Waals surface area contributed by atoms with E-state index in [1.165, 1.54) is 6.07 Å². The third-order valence-electron chi connectivity index (χ3n) is 3.69. The van der Waals surface area contributed by atoms with Crippen LogP contribution in [0.5, 0.6) is 0 Å². The standard InChI is InChI=1S/C16H15FN4OS2/c17-12-3-1-2-11(8-12)9-23-15-13-14(18-10-19-15)20-16(24-13)21-4-6-22-7-5-21/h1-3,8,10H,4-7,9H2. The molecule has 24 heavy (non-hydrogen) atoms. The summed E-state index contributed by atoms with van der Waals surface area (Å²) in [5.74, 6) is 0.447. The Morgan fingerprint density at radius 3 is 2.96 bits per heavy atom. The largest absolute Gasteiger partial charge is 0.378 e. The summed E-state index contributed by atoms with van der Waals surface area (Å²) in [7, 11) is 0. The maximum absolute atomic E-state index is 13.3. The molecule has 1 aliphatic heterocycles. The highest BCUT2D eigenvalue weighted by atomic mass is 32.2. The Morgan fingerprint density at radius 1 is 1.25 bits per heavy atom. The summed E-state index contributed by atoms with van der Waals surface area (Å²) >= 11 is 3.19. The first kappa shape index (κ1) is 15.7. The molecule has 0 saturated carbocycles. The Kier molecular flexibility index (Phi) is 4.59. The van der Waals surface area contributed by atoms with Crippen LogP contribution in [-0.2, 0) is 10.5 Å². The van der Waals surface area contributed by atoms with E-state index in [4.69, 9.17) is 4.74 Å². The van der Waals surface area contributed by atoms with E-state index in [9.17, 15) is 4.39 Å². The van der Waals surface area contributed by atoms with Crippen molar-refractivity contribution in [3.05, 3.63) is 42.0 Å². The molecule has 0 aliphatic carbocycles. The van der Waals surface area contributed by atoms with E-state index in [1.54, 1.807) is 41.6 Å². The molecule has 1 aromatic carbocycles. The maximum Gasteiger partial charge on any atom is 0.188 e. The van der Waals surface area contributed by atoms with Crippen LogP contribution in [0.25, 0.3) is 10.3 Å². The van der Waals surface area contributed by atoms with Gasteiger partial charge in [0.05, 0.1) is 13.2 Å². The smallest absolute Gasteiger partial charge is 0.188 e. The van der Waals surface area contributed by atoms with E-state index in [0.29, 0.717) is 5.75 Å². The Hall–Kier alpha value is -1.77. The molecule has 5 nitrogen and oxygen atoms in total. The second kappa shape index (κ2) is 7.00.